The van der Waals surface area contributed by atoms with Crippen molar-refractivity contribution in [2.45, 2.75) is 13.8 Å². The van der Waals surface area contributed by atoms with Crippen LogP contribution in [0.5, 0.6) is 0 Å². The lowest BCUT2D eigenvalue weighted by molar-refractivity contribution is 1.30. The van der Waals surface area contributed by atoms with Crippen LogP contribution in [0.15, 0.2) is 36.7 Å². The van der Waals surface area contributed by atoms with Crippen molar-refractivity contribution in [3.05, 3.63) is 47.8 Å². The Balaban J connectivity index is 2.31. The molecule has 0 atom stereocenters. The number of nitrogens with zero attached hydrogens (tertiary/aromatic N) is 1. The highest BCUT2D eigenvalue weighted by molar-refractivity contribution is 5.65. The van der Waals surface area contributed by atoms with Gasteiger partial charge in [0.1, 0.15) is 0 Å². The van der Waals surface area contributed by atoms with Gasteiger partial charge in [-0.2, -0.15) is 0 Å². The third kappa shape index (κ3) is 2.14. The summed E-state index contributed by atoms with van der Waals surface area (Å²) in [4.78, 5) is 4.04. The van der Waals surface area contributed by atoms with Crippen molar-refractivity contribution in [3.63, 3.8) is 0 Å². The molecule has 0 amide bonds. The molecule has 0 aliphatic carbocycles. The first-order valence-electron chi connectivity index (χ1n) is 5.20. The highest BCUT2D eigenvalue weighted by Crippen LogP contribution is 2.22. The van der Waals surface area contributed by atoms with Gasteiger partial charge in [-0.1, -0.05) is 12.1 Å². The lowest BCUT2D eigenvalue weighted by Crippen LogP contribution is -1.96. The maximum Gasteiger partial charge on any atom is 0.0591 e. The third-order valence-corrected chi connectivity index (χ3v) is 2.64. The van der Waals surface area contributed by atoms with Crippen molar-refractivity contribution in [2.24, 2.45) is 0 Å². The topological polar surface area (TPSA) is 50.9 Å². The van der Waals surface area contributed by atoms with Crippen molar-refractivity contribution in [3.8, 4) is 0 Å². The molecule has 0 unspecified atom stereocenters. The molecule has 82 valence electrons. The van der Waals surface area contributed by atoms with E-state index < -0.39 is 0 Å². The number of hydrogen-bond acceptors (Lipinski definition) is 3. The standard InChI is InChI=1S/C13H15N3/c1-9-4-3-5-13(10(9)2)16-12-6-11(14)7-15-8-12/h3-8,16H,14H2,1-2H3. The molecule has 16 heavy (non-hydrogen) atoms. The van der Waals surface area contributed by atoms with Crippen LogP contribution in [-0.2, 0) is 0 Å². The monoisotopic (exact) mass is 213 g/mol. The van der Waals surface area contributed by atoms with Gasteiger partial charge >= 0.3 is 0 Å². The molecule has 2 aromatic rings. The predicted molar refractivity (Wildman–Crippen MR) is 67.8 cm³/mol. The van der Waals surface area contributed by atoms with E-state index >= 15 is 0 Å². The lowest BCUT2D eigenvalue weighted by Gasteiger charge is -2.11. The van der Waals surface area contributed by atoms with Crippen molar-refractivity contribution in [1.82, 2.24) is 4.98 Å². The second-order valence-corrected chi connectivity index (χ2v) is 3.88. The van der Waals surface area contributed by atoms with E-state index in [1.807, 2.05) is 18.2 Å². The summed E-state index contributed by atoms with van der Waals surface area (Å²) in [7, 11) is 0. The summed E-state index contributed by atoms with van der Waals surface area (Å²) in [5, 5.41) is 3.31. The van der Waals surface area contributed by atoms with Gasteiger partial charge in [0.2, 0.25) is 0 Å². The number of hydrogen-bond donors (Lipinski definition) is 2. The maximum atomic E-state index is 5.68. The van der Waals surface area contributed by atoms with E-state index in [1.165, 1.54) is 11.1 Å². The molecular weight excluding hydrogens is 198 g/mol. The number of aryl methyl sites for hydroxylation is 1. The third-order valence-electron chi connectivity index (χ3n) is 2.64. The Bertz CT molecular complexity index is 506. The highest BCUT2D eigenvalue weighted by Gasteiger charge is 2.01. The van der Waals surface area contributed by atoms with E-state index in [4.69, 9.17) is 5.73 Å². The lowest BCUT2D eigenvalue weighted by atomic mass is 10.1. The van der Waals surface area contributed by atoms with E-state index in [-0.39, 0.29) is 0 Å². The summed E-state index contributed by atoms with van der Waals surface area (Å²) in [6.45, 7) is 4.19. The minimum atomic E-state index is 0.662. The van der Waals surface area contributed by atoms with Crippen molar-refractivity contribution in [2.75, 3.05) is 11.1 Å². The zero-order valence-electron chi connectivity index (χ0n) is 9.49. The molecule has 1 aromatic carbocycles. The molecule has 1 heterocycles. The van der Waals surface area contributed by atoms with Gasteiger partial charge in [0.05, 0.1) is 17.6 Å². The number of nitrogen functional groups attached to an aromatic ring is 1. The zero-order valence-corrected chi connectivity index (χ0v) is 9.49. The minimum Gasteiger partial charge on any atom is -0.397 e. The van der Waals surface area contributed by atoms with Crippen LogP contribution in [0.2, 0.25) is 0 Å². The van der Waals surface area contributed by atoms with E-state index in [1.54, 1.807) is 12.4 Å². The Morgan fingerprint density at radius 1 is 1.19 bits per heavy atom. The first-order valence-corrected chi connectivity index (χ1v) is 5.20. The van der Waals surface area contributed by atoms with Crippen molar-refractivity contribution >= 4 is 17.1 Å². The van der Waals surface area contributed by atoms with Crippen LogP contribution in [-0.4, -0.2) is 4.98 Å². The van der Waals surface area contributed by atoms with Gasteiger partial charge in [0.15, 0.2) is 0 Å². The minimum absolute atomic E-state index is 0.662. The summed E-state index contributed by atoms with van der Waals surface area (Å²) in [5.74, 6) is 0. The average Bonchev–Trinajstić information content (AvgIpc) is 2.25. The summed E-state index contributed by atoms with van der Waals surface area (Å²) in [6.07, 6.45) is 3.40. The summed E-state index contributed by atoms with van der Waals surface area (Å²) in [6, 6.07) is 8.04. The van der Waals surface area contributed by atoms with Crippen LogP contribution >= 0.6 is 0 Å². The number of anilines is 3. The Morgan fingerprint density at radius 3 is 2.75 bits per heavy atom. The Hall–Kier alpha value is -2.03. The van der Waals surface area contributed by atoms with E-state index in [0.29, 0.717) is 5.69 Å². The van der Waals surface area contributed by atoms with Gasteiger partial charge in [0.25, 0.3) is 0 Å². The van der Waals surface area contributed by atoms with Gasteiger partial charge in [-0.15, -0.1) is 0 Å². The van der Waals surface area contributed by atoms with Crippen LogP contribution in [0.1, 0.15) is 11.1 Å². The summed E-state index contributed by atoms with van der Waals surface area (Å²) in [5.41, 5.74) is 10.8. The molecule has 3 nitrogen and oxygen atoms in total. The van der Waals surface area contributed by atoms with E-state index in [0.717, 1.165) is 11.4 Å². The van der Waals surface area contributed by atoms with Crippen molar-refractivity contribution in [1.29, 1.82) is 0 Å². The number of aromatic nitrogens is 1. The van der Waals surface area contributed by atoms with Crippen LogP contribution in [0.25, 0.3) is 0 Å². The van der Waals surface area contributed by atoms with Gasteiger partial charge in [-0.3, -0.25) is 4.98 Å². The van der Waals surface area contributed by atoms with Crippen LogP contribution in [0.4, 0.5) is 17.1 Å². The van der Waals surface area contributed by atoms with Crippen molar-refractivity contribution < 1.29 is 0 Å². The Kier molecular flexibility index (Phi) is 2.77. The SMILES string of the molecule is Cc1cccc(Nc2cncc(N)c2)c1C. The molecule has 2 rings (SSSR count). The molecule has 0 bridgehead atoms. The number of benzene rings is 1. The maximum absolute atomic E-state index is 5.68. The second kappa shape index (κ2) is 4.23. The number of pyridine rings is 1. The molecule has 1 aromatic heterocycles. The number of rotatable bonds is 2. The van der Waals surface area contributed by atoms with Crippen LogP contribution < -0.4 is 11.1 Å². The van der Waals surface area contributed by atoms with Gasteiger partial charge < -0.3 is 11.1 Å². The largest absolute Gasteiger partial charge is 0.397 e. The fourth-order valence-electron chi connectivity index (χ4n) is 1.57. The fourth-order valence-corrected chi connectivity index (χ4v) is 1.57. The normalized spacial score (nSPS) is 10.1. The molecule has 0 fully saturated rings. The van der Waals surface area contributed by atoms with Crippen LogP contribution in [0, 0.1) is 13.8 Å². The molecule has 0 aliphatic rings. The van der Waals surface area contributed by atoms with Crippen LogP contribution in [0.3, 0.4) is 0 Å². The molecule has 0 saturated carbocycles. The average molecular weight is 213 g/mol. The smallest absolute Gasteiger partial charge is 0.0591 e. The summed E-state index contributed by atoms with van der Waals surface area (Å²) >= 11 is 0. The molecule has 0 spiro atoms. The summed E-state index contributed by atoms with van der Waals surface area (Å²) < 4.78 is 0. The quantitative estimate of drug-likeness (QED) is 0.806. The number of nitrogens with one attached hydrogen (secondary N) is 1. The first-order chi connectivity index (χ1) is 7.66. The second-order valence-electron chi connectivity index (χ2n) is 3.88. The zero-order chi connectivity index (χ0) is 11.5. The Morgan fingerprint density at radius 2 is 2.00 bits per heavy atom. The fraction of sp³-hybridized carbons (Fsp3) is 0.154. The Labute approximate surface area is 95.3 Å². The molecule has 0 aliphatic heterocycles. The van der Waals surface area contributed by atoms with Gasteiger partial charge in [-0.05, 0) is 37.1 Å². The molecule has 3 N–H and O–H groups in total. The molecule has 0 radical (unpaired) electrons. The van der Waals surface area contributed by atoms with Gasteiger partial charge in [-0.25, -0.2) is 0 Å². The van der Waals surface area contributed by atoms with E-state index in [2.05, 4.69) is 30.2 Å². The number of nitrogens with two attached hydrogens (primary N) is 1. The highest BCUT2D eigenvalue weighted by atomic mass is 14.9. The molecule has 0 saturated heterocycles. The predicted octanol–water partition coefficient (Wildman–Crippen LogP) is 3.02. The first kappa shape index (κ1) is 10.5. The van der Waals surface area contributed by atoms with E-state index in [9.17, 15) is 0 Å². The molecular formula is C13H15N3. The molecule has 3 heteroatoms. The van der Waals surface area contributed by atoms with Gasteiger partial charge in [0, 0.05) is 11.9 Å².